The predicted octanol–water partition coefficient (Wildman–Crippen LogP) is 3.84. The van der Waals surface area contributed by atoms with Crippen LogP contribution >= 0.6 is 0 Å². The maximum absolute atomic E-state index is 11.9. The summed E-state index contributed by atoms with van der Waals surface area (Å²) in [6.07, 6.45) is 4.53. The summed E-state index contributed by atoms with van der Waals surface area (Å²) in [5, 5.41) is 3.89. The molecule has 0 atom stereocenters. The summed E-state index contributed by atoms with van der Waals surface area (Å²) in [7, 11) is 1.58. The highest BCUT2D eigenvalue weighted by Gasteiger charge is 2.03. The van der Waals surface area contributed by atoms with Crippen LogP contribution in [0.4, 0.5) is 0 Å². The van der Waals surface area contributed by atoms with E-state index in [1.54, 1.807) is 61.7 Å². The number of nitrogens with zero attached hydrogens (tertiary/aromatic N) is 1. The summed E-state index contributed by atoms with van der Waals surface area (Å²) in [4.78, 5) is 23.7. The van der Waals surface area contributed by atoms with Crippen molar-refractivity contribution in [1.82, 2.24) is 5.43 Å². The van der Waals surface area contributed by atoms with Crippen LogP contribution in [0, 0.1) is 0 Å². The van der Waals surface area contributed by atoms with E-state index in [1.807, 2.05) is 30.3 Å². The van der Waals surface area contributed by atoms with Gasteiger partial charge in [-0.3, -0.25) is 4.79 Å². The first-order valence-corrected chi connectivity index (χ1v) is 9.76. The molecule has 0 bridgehead atoms. The zero-order valence-electron chi connectivity index (χ0n) is 17.4. The highest BCUT2D eigenvalue weighted by molar-refractivity contribution is 5.89. The number of esters is 1. The van der Waals surface area contributed by atoms with Gasteiger partial charge in [-0.2, -0.15) is 5.10 Å². The summed E-state index contributed by atoms with van der Waals surface area (Å²) in [6, 6.07) is 23.1. The van der Waals surface area contributed by atoms with Crippen molar-refractivity contribution in [2.75, 3.05) is 13.7 Å². The summed E-state index contributed by atoms with van der Waals surface area (Å²) < 4.78 is 15.7. The van der Waals surface area contributed by atoms with Crippen LogP contribution in [0.25, 0.3) is 6.08 Å². The number of carbonyl (C=O) groups is 2. The van der Waals surface area contributed by atoms with E-state index in [9.17, 15) is 9.59 Å². The Hall–Kier alpha value is -4.39. The van der Waals surface area contributed by atoms with Crippen LogP contribution in [0.2, 0.25) is 0 Å². The third kappa shape index (κ3) is 7.46. The zero-order valence-corrected chi connectivity index (χ0v) is 17.4. The van der Waals surface area contributed by atoms with Crippen molar-refractivity contribution in [3.63, 3.8) is 0 Å². The average molecular weight is 430 g/mol. The van der Waals surface area contributed by atoms with Crippen molar-refractivity contribution in [1.29, 1.82) is 0 Å². The molecule has 1 N–H and O–H groups in total. The summed E-state index contributed by atoms with van der Waals surface area (Å²) in [5.74, 6) is 0.790. The third-order valence-electron chi connectivity index (χ3n) is 4.14. The van der Waals surface area contributed by atoms with Crippen LogP contribution in [0.3, 0.4) is 0 Å². The smallest absolute Gasteiger partial charge is 0.336 e. The molecule has 3 aromatic carbocycles. The monoisotopic (exact) mass is 430 g/mol. The third-order valence-corrected chi connectivity index (χ3v) is 4.14. The first kappa shape index (κ1) is 22.3. The van der Waals surface area contributed by atoms with E-state index >= 15 is 0 Å². The maximum Gasteiger partial charge on any atom is 0.336 e. The quantitative estimate of drug-likeness (QED) is 0.183. The number of carbonyl (C=O) groups excluding carboxylic acids is 2. The van der Waals surface area contributed by atoms with Gasteiger partial charge < -0.3 is 14.2 Å². The lowest BCUT2D eigenvalue weighted by molar-refractivity contribution is -0.129. The molecule has 0 aromatic heterocycles. The van der Waals surface area contributed by atoms with Gasteiger partial charge in [-0.25, -0.2) is 10.2 Å². The number of methoxy groups -OCH3 is 1. The molecular weight excluding hydrogens is 408 g/mol. The minimum Gasteiger partial charge on any atom is -0.497 e. The molecular formula is C25H22N2O5. The van der Waals surface area contributed by atoms with Crippen molar-refractivity contribution < 1.29 is 23.8 Å². The lowest BCUT2D eigenvalue weighted by atomic mass is 10.2. The Morgan fingerprint density at radius 2 is 1.50 bits per heavy atom. The highest BCUT2D eigenvalue weighted by atomic mass is 16.5. The topological polar surface area (TPSA) is 86.2 Å². The maximum atomic E-state index is 11.9. The molecule has 7 nitrogen and oxygen atoms in total. The molecule has 0 heterocycles. The molecule has 0 radical (unpaired) electrons. The molecule has 7 heteroatoms. The minimum absolute atomic E-state index is 0.172. The number of hydrogen-bond acceptors (Lipinski definition) is 6. The largest absolute Gasteiger partial charge is 0.497 e. The molecule has 0 spiro atoms. The van der Waals surface area contributed by atoms with E-state index < -0.39 is 11.9 Å². The molecule has 3 aromatic rings. The fourth-order valence-corrected chi connectivity index (χ4v) is 2.53. The molecule has 32 heavy (non-hydrogen) atoms. The van der Waals surface area contributed by atoms with Crippen molar-refractivity contribution in [2.24, 2.45) is 5.10 Å². The number of hydrogen-bond donors (Lipinski definition) is 1. The second-order valence-corrected chi connectivity index (χ2v) is 6.49. The van der Waals surface area contributed by atoms with Gasteiger partial charge in [-0.1, -0.05) is 30.3 Å². The second kappa shape index (κ2) is 11.7. The van der Waals surface area contributed by atoms with Crippen molar-refractivity contribution in [3.8, 4) is 17.2 Å². The molecule has 3 rings (SSSR count). The summed E-state index contributed by atoms with van der Waals surface area (Å²) in [6.45, 7) is -0.172. The Kier molecular flexibility index (Phi) is 8.16. The number of ether oxygens (including phenoxy) is 3. The Balaban J connectivity index is 1.41. The van der Waals surface area contributed by atoms with Crippen LogP contribution < -0.4 is 19.6 Å². The fraction of sp³-hybridized carbons (Fsp3) is 0.0800. The number of benzene rings is 3. The van der Waals surface area contributed by atoms with Crippen molar-refractivity contribution in [3.05, 3.63) is 96.1 Å². The Labute approximate surface area is 185 Å². The molecule has 0 saturated heterocycles. The van der Waals surface area contributed by atoms with E-state index in [1.165, 1.54) is 12.3 Å². The van der Waals surface area contributed by atoms with Crippen LogP contribution in [0.1, 0.15) is 11.1 Å². The minimum atomic E-state index is -0.473. The summed E-state index contributed by atoms with van der Waals surface area (Å²) >= 11 is 0. The van der Waals surface area contributed by atoms with E-state index in [-0.39, 0.29) is 6.61 Å². The van der Waals surface area contributed by atoms with Gasteiger partial charge in [0, 0.05) is 6.08 Å². The number of amides is 1. The second-order valence-electron chi connectivity index (χ2n) is 6.49. The zero-order chi connectivity index (χ0) is 22.6. The van der Waals surface area contributed by atoms with E-state index in [4.69, 9.17) is 14.2 Å². The van der Waals surface area contributed by atoms with E-state index in [2.05, 4.69) is 10.5 Å². The average Bonchev–Trinajstić information content (AvgIpc) is 2.83. The Bertz CT molecular complexity index is 1080. The number of rotatable bonds is 9. The van der Waals surface area contributed by atoms with E-state index in [0.29, 0.717) is 17.2 Å². The van der Waals surface area contributed by atoms with Gasteiger partial charge in [0.25, 0.3) is 5.91 Å². The number of nitrogens with one attached hydrogen (secondary N) is 1. The lowest BCUT2D eigenvalue weighted by Gasteiger charge is -2.06. The molecule has 0 fully saturated rings. The first-order valence-electron chi connectivity index (χ1n) is 9.76. The van der Waals surface area contributed by atoms with Gasteiger partial charge in [0.15, 0.2) is 6.61 Å². The molecule has 0 aliphatic heterocycles. The van der Waals surface area contributed by atoms with Crippen LogP contribution in [-0.2, 0) is 9.59 Å². The van der Waals surface area contributed by atoms with Crippen molar-refractivity contribution >= 4 is 24.2 Å². The molecule has 162 valence electrons. The van der Waals surface area contributed by atoms with Gasteiger partial charge in [-0.15, -0.1) is 0 Å². The SMILES string of the molecule is COc1ccc(OCC(=O)N/N=C/c2ccc(OC(=O)/C=C/c3ccccc3)cc2)cc1. The van der Waals surface area contributed by atoms with E-state index in [0.717, 1.165) is 11.1 Å². The highest BCUT2D eigenvalue weighted by Crippen LogP contribution is 2.16. The van der Waals surface area contributed by atoms with Gasteiger partial charge in [-0.05, 0) is 65.7 Å². The Morgan fingerprint density at radius 3 is 2.19 bits per heavy atom. The molecule has 0 unspecified atom stereocenters. The van der Waals surface area contributed by atoms with Crippen LogP contribution in [0.5, 0.6) is 17.2 Å². The van der Waals surface area contributed by atoms with Gasteiger partial charge in [0.05, 0.1) is 13.3 Å². The van der Waals surface area contributed by atoms with Gasteiger partial charge in [0.1, 0.15) is 17.2 Å². The van der Waals surface area contributed by atoms with Crippen LogP contribution in [0.15, 0.2) is 90.0 Å². The number of hydrazone groups is 1. The first-order chi connectivity index (χ1) is 15.6. The molecule has 1 amide bonds. The van der Waals surface area contributed by atoms with Crippen LogP contribution in [-0.4, -0.2) is 31.8 Å². The standard InChI is InChI=1S/C25H22N2O5/c1-30-21-12-14-22(15-13-21)31-18-24(28)27-26-17-20-7-10-23(11-8-20)32-25(29)16-9-19-5-3-2-4-6-19/h2-17H,18H2,1H3,(H,27,28)/b16-9+,26-17+. The lowest BCUT2D eigenvalue weighted by Crippen LogP contribution is -2.24. The van der Waals surface area contributed by atoms with Gasteiger partial charge in [0.2, 0.25) is 0 Å². The normalized spacial score (nSPS) is 10.8. The van der Waals surface area contributed by atoms with Gasteiger partial charge >= 0.3 is 5.97 Å². The Morgan fingerprint density at radius 1 is 0.844 bits per heavy atom. The summed E-state index contributed by atoms with van der Waals surface area (Å²) in [5.41, 5.74) is 4.02. The fourth-order valence-electron chi connectivity index (χ4n) is 2.53. The predicted molar refractivity (Wildman–Crippen MR) is 122 cm³/mol. The molecule has 0 aliphatic carbocycles. The van der Waals surface area contributed by atoms with Crippen molar-refractivity contribution in [2.45, 2.75) is 0 Å². The molecule has 0 aliphatic rings. The molecule has 0 saturated carbocycles.